The van der Waals surface area contributed by atoms with E-state index in [1.165, 1.54) is 0 Å². The van der Waals surface area contributed by atoms with E-state index in [1.54, 1.807) is 17.0 Å². The molecule has 1 saturated heterocycles. The Kier molecular flexibility index (Phi) is 4.16. The van der Waals surface area contributed by atoms with Crippen molar-refractivity contribution < 1.29 is 9.53 Å². The van der Waals surface area contributed by atoms with Crippen LogP contribution in [0.3, 0.4) is 0 Å². The van der Waals surface area contributed by atoms with Crippen molar-refractivity contribution in [3.8, 4) is 0 Å². The zero-order chi connectivity index (χ0) is 16.5. The van der Waals surface area contributed by atoms with E-state index in [9.17, 15) is 4.79 Å². The van der Waals surface area contributed by atoms with Crippen molar-refractivity contribution in [3.63, 3.8) is 0 Å². The fourth-order valence-corrected chi connectivity index (χ4v) is 3.51. The van der Waals surface area contributed by atoms with E-state index in [1.807, 2.05) is 12.1 Å². The first kappa shape index (κ1) is 15.5. The number of fused-ring (bicyclic) bond motifs is 1. The monoisotopic (exact) mass is 346 g/mol. The molecule has 1 unspecified atom stereocenters. The highest BCUT2D eigenvalue weighted by Gasteiger charge is 2.30. The standard InChI is InChI=1S/C17H19ClN4O2/c18-11-3-1-4-12(9-11)19-17(23)22-7-6-14-13(10-22)16(21-20-14)15-5-2-8-24-15/h1,3-4,9,15H,2,5-8,10H2,(H,19,23)(H,20,21). The van der Waals surface area contributed by atoms with Crippen molar-refractivity contribution in [2.45, 2.75) is 31.9 Å². The SMILES string of the molecule is O=C(Nc1cccc(Cl)c1)N1CCc2[nH]nc(C3CCCO3)c2C1. The van der Waals surface area contributed by atoms with E-state index in [4.69, 9.17) is 16.3 Å². The second-order valence-electron chi connectivity index (χ2n) is 6.18. The number of H-pyrrole nitrogens is 1. The Morgan fingerprint density at radius 2 is 2.38 bits per heavy atom. The minimum Gasteiger partial charge on any atom is -0.372 e. The Hall–Kier alpha value is -2.05. The zero-order valence-electron chi connectivity index (χ0n) is 13.2. The van der Waals surface area contributed by atoms with Crippen LogP contribution in [0.15, 0.2) is 24.3 Å². The van der Waals surface area contributed by atoms with Crippen molar-refractivity contribution in [2.24, 2.45) is 0 Å². The normalized spacial score (nSPS) is 20.0. The molecule has 0 spiro atoms. The predicted molar refractivity (Wildman–Crippen MR) is 91.1 cm³/mol. The second kappa shape index (κ2) is 6.45. The van der Waals surface area contributed by atoms with Crippen LogP contribution in [-0.2, 0) is 17.7 Å². The van der Waals surface area contributed by atoms with Crippen LogP contribution < -0.4 is 5.32 Å². The lowest BCUT2D eigenvalue weighted by Crippen LogP contribution is -2.39. The second-order valence-corrected chi connectivity index (χ2v) is 6.62. The summed E-state index contributed by atoms with van der Waals surface area (Å²) in [6, 6.07) is 7.04. The van der Waals surface area contributed by atoms with Crippen LogP contribution in [0.5, 0.6) is 0 Å². The number of carbonyl (C=O) groups excluding carboxylic acids is 1. The lowest BCUT2D eigenvalue weighted by Gasteiger charge is -2.28. The van der Waals surface area contributed by atoms with Gasteiger partial charge in [-0.1, -0.05) is 17.7 Å². The van der Waals surface area contributed by atoms with Crippen LogP contribution >= 0.6 is 11.6 Å². The smallest absolute Gasteiger partial charge is 0.322 e. The van der Waals surface area contributed by atoms with Crippen LogP contribution in [0.4, 0.5) is 10.5 Å². The van der Waals surface area contributed by atoms with Gasteiger partial charge in [-0.2, -0.15) is 5.10 Å². The van der Waals surface area contributed by atoms with E-state index in [0.717, 1.165) is 42.8 Å². The molecule has 24 heavy (non-hydrogen) atoms. The Morgan fingerprint density at radius 3 is 3.17 bits per heavy atom. The third-order valence-electron chi connectivity index (χ3n) is 4.56. The summed E-state index contributed by atoms with van der Waals surface area (Å²) in [6.07, 6.45) is 2.89. The van der Waals surface area contributed by atoms with E-state index in [-0.39, 0.29) is 12.1 Å². The molecule has 0 radical (unpaired) electrons. The fraction of sp³-hybridized carbons (Fsp3) is 0.412. The summed E-state index contributed by atoms with van der Waals surface area (Å²) < 4.78 is 5.75. The van der Waals surface area contributed by atoms with Gasteiger partial charge in [-0.15, -0.1) is 0 Å². The minimum atomic E-state index is -0.123. The van der Waals surface area contributed by atoms with Crippen molar-refractivity contribution in [3.05, 3.63) is 46.2 Å². The zero-order valence-corrected chi connectivity index (χ0v) is 14.0. The molecule has 126 valence electrons. The summed E-state index contributed by atoms with van der Waals surface area (Å²) in [7, 11) is 0. The average Bonchev–Trinajstić information content (AvgIpc) is 3.23. The molecule has 1 atom stereocenters. The highest BCUT2D eigenvalue weighted by atomic mass is 35.5. The number of rotatable bonds is 2. The van der Waals surface area contributed by atoms with Crippen LogP contribution in [0.25, 0.3) is 0 Å². The number of anilines is 1. The molecular weight excluding hydrogens is 328 g/mol. The summed E-state index contributed by atoms with van der Waals surface area (Å²) in [5, 5.41) is 11.1. The van der Waals surface area contributed by atoms with Crippen LogP contribution in [0, 0.1) is 0 Å². The van der Waals surface area contributed by atoms with Gasteiger partial charge in [0.2, 0.25) is 0 Å². The average molecular weight is 347 g/mol. The first-order chi connectivity index (χ1) is 11.7. The number of nitrogens with zero attached hydrogens (tertiary/aromatic N) is 2. The van der Waals surface area contributed by atoms with Crippen molar-refractivity contribution in [1.29, 1.82) is 0 Å². The van der Waals surface area contributed by atoms with Gasteiger partial charge in [0, 0.05) is 41.5 Å². The molecule has 0 aliphatic carbocycles. The molecule has 2 N–H and O–H groups in total. The van der Waals surface area contributed by atoms with Gasteiger partial charge in [0.25, 0.3) is 0 Å². The van der Waals surface area contributed by atoms with Gasteiger partial charge >= 0.3 is 6.03 Å². The van der Waals surface area contributed by atoms with E-state index >= 15 is 0 Å². The number of halogens is 1. The Morgan fingerprint density at radius 1 is 1.46 bits per heavy atom. The van der Waals surface area contributed by atoms with Crippen molar-refractivity contribution >= 4 is 23.3 Å². The van der Waals surface area contributed by atoms with E-state index < -0.39 is 0 Å². The molecule has 1 aromatic heterocycles. The Balaban J connectivity index is 1.49. The van der Waals surface area contributed by atoms with Crippen LogP contribution in [-0.4, -0.2) is 34.3 Å². The molecule has 7 heteroatoms. The maximum Gasteiger partial charge on any atom is 0.322 e. The number of ether oxygens (including phenoxy) is 1. The number of hydrogen-bond acceptors (Lipinski definition) is 3. The van der Waals surface area contributed by atoms with Gasteiger partial charge in [-0.3, -0.25) is 5.10 Å². The quantitative estimate of drug-likeness (QED) is 0.874. The summed E-state index contributed by atoms with van der Waals surface area (Å²) >= 11 is 5.97. The molecule has 0 bridgehead atoms. The summed E-state index contributed by atoms with van der Waals surface area (Å²) in [4.78, 5) is 14.4. The number of hydrogen-bond donors (Lipinski definition) is 2. The first-order valence-corrected chi connectivity index (χ1v) is 8.57. The molecule has 2 aliphatic heterocycles. The predicted octanol–water partition coefficient (Wildman–Crippen LogP) is 3.50. The topological polar surface area (TPSA) is 70.2 Å². The number of amides is 2. The van der Waals surface area contributed by atoms with Gasteiger partial charge < -0.3 is 15.0 Å². The van der Waals surface area contributed by atoms with Gasteiger partial charge in [0.1, 0.15) is 6.10 Å². The lowest BCUT2D eigenvalue weighted by molar-refractivity contribution is 0.107. The summed E-state index contributed by atoms with van der Waals surface area (Å²) in [6.45, 7) is 1.99. The van der Waals surface area contributed by atoms with Crippen molar-refractivity contribution in [2.75, 3.05) is 18.5 Å². The van der Waals surface area contributed by atoms with Gasteiger partial charge in [0.15, 0.2) is 0 Å². The molecule has 2 aromatic rings. The van der Waals surface area contributed by atoms with Crippen LogP contribution in [0.1, 0.15) is 35.9 Å². The highest BCUT2D eigenvalue weighted by Crippen LogP contribution is 2.33. The van der Waals surface area contributed by atoms with Gasteiger partial charge in [-0.25, -0.2) is 4.79 Å². The van der Waals surface area contributed by atoms with Crippen LogP contribution in [0.2, 0.25) is 5.02 Å². The molecule has 1 aromatic carbocycles. The Labute approximate surface area is 145 Å². The minimum absolute atomic E-state index is 0.0564. The highest BCUT2D eigenvalue weighted by molar-refractivity contribution is 6.30. The third kappa shape index (κ3) is 2.99. The number of carbonyl (C=O) groups is 1. The summed E-state index contributed by atoms with van der Waals surface area (Å²) in [5.41, 5.74) is 3.88. The molecule has 1 fully saturated rings. The number of aromatic nitrogens is 2. The molecule has 2 amide bonds. The number of urea groups is 1. The fourth-order valence-electron chi connectivity index (χ4n) is 3.32. The first-order valence-electron chi connectivity index (χ1n) is 8.20. The molecule has 3 heterocycles. The largest absolute Gasteiger partial charge is 0.372 e. The van der Waals surface area contributed by atoms with E-state index in [2.05, 4.69) is 15.5 Å². The molecule has 6 nitrogen and oxygen atoms in total. The van der Waals surface area contributed by atoms with E-state index in [0.29, 0.717) is 23.8 Å². The summed E-state index contributed by atoms with van der Waals surface area (Å²) in [5.74, 6) is 0. The molecule has 4 rings (SSSR count). The number of aromatic amines is 1. The maximum atomic E-state index is 12.6. The number of nitrogens with one attached hydrogen (secondary N) is 2. The third-order valence-corrected chi connectivity index (χ3v) is 4.80. The van der Waals surface area contributed by atoms with Gasteiger partial charge in [0.05, 0.1) is 12.2 Å². The molecular formula is C17H19ClN4O2. The molecule has 2 aliphatic rings. The molecule has 0 saturated carbocycles. The number of benzene rings is 1. The maximum absolute atomic E-state index is 12.6. The van der Waals surface area contributed by atoms with Gasteiger partial charge in [-0.05, 0) is 31.0 Å². The lowest BCUT2D eigenvalue weighted by atomic mass is 10.0. The van der Waals surface area contributed by atoms with Crippen molar-refractivity contribution in [1.82, 2.24) is 15.1 Å². The Bertz CT molecular complexity index is 755.